The Balaban J connectivity index is 1.84. The summed E-state index contributed by atoms with van der Waals surface area (Å²) in [4.78, 5) is 2.40. The summed E-state index contributed by atoms with van der Waals surface area (Å²) in [7, 11) is 0. The van der Waals surface area contributed by atoms with Crippen molar-refractivity contribution < 1.29 is 9.47 Å². The summed E-state index contributed by atoms with van der Waals surface area (Å²) in [6.07, 6.45) is 0.198. The average molecular weight is 235 g/mol. The lowest BCUT2D eigenvalue weighted by molar-refractivity contribution is -0.0464. The molecule has 1 atom stereocenters. The predicted molar refractivity (Wildman–Crippen MR) is 68.5 cm³/mol. The van der Waals surface area contributed by atoms with E-state index in [-0.39, 0.29) is 6.10 Å². The van der Waals surface area contributed by atoms with Gasteiger partial charge in [0.1, 0.15) is 18.5 Å². The summed E-state index contributed by atoms with van der Waals surface area (Å²) >= 11 is 0. The fourth-order valence-electron chi connectivity index (χ4n) is 2.07. The zero-order valence-electron chi connectivity index (χ0n) is 10.7. The second-order valence-corrected chi connectivity index (χ2v) is 4.46. The molecule has 0 amide bonds. The van der Waals surface area contributed by atoms with E-state index < -0.39 is 0 Å². The number of likely N-dealkylation sites (N-methyl/N-ethyl adjacent to an activating group) is 1. The Bertz CT molecular complexity index is 354. The molecule has 94 valence electrons. The molecule has 1 fully saturated rings. The maximum Gasteiger partial charge on any atom is 0.122 e. The number of aryl methyl sites for hydroxylation is 1. The van der Waals surface area contributed by atoms with Crippen LogP contribution in [-0.4, -0.2) is 43.9 Å². The zero-order chi connectivity index (χ0) is 12.1. The molecule has 0 aliphatic carbocycles. The summed E-state index contributed by atoms with van der Waals surface area (Å²) in [5.74, 6) is 0.963. The average Bonchev–Trinajstić information content (AvgIpc) is 2.38. The van der Waals surface area contributed by atoms with Gasteiger partial charge in [-0.15, -0.1) is 0 Å². The van der Waals surface area contributed by atoms with E-state index in [1.54, 1.807) is 0 Å². The summed E-state index contributed by atoms with van der Waals surface area (Å²) in [5, 5.41) is 0. The number of para-hydroxylation sites is 1. The van der Waals surface area contributed by atoms with Crippen molar-refractivity contribution in [2.24, 2.45) is 0 Å². The van der Waals surface area contributed by atoms with Crippen LogP contribution in [0.25, 0.3) is 0 Å². The smallest absolute Gasteiger partial charge is 0.122 e. The Labute approximate surface area is 103 Å². The molecule has 1 unspecified atom stereocenters. The van der Waals surface area contributed by atoms with Gasteiger partial charge in [-0.25, -0.2) is 0 Å². The first-order valence-corrected chi connectivity index (χ1v) is 6.32. The van der Waals surface area contributed by atoms with E-state index in [0.29, 0.717) is 6.61 Å². The first-order valence-electron chi connectivity index (χ1n) is 6.32. The second-order valence-electron chi connectivity index (χ2n) is 4.46. The predicted octanol–water partition coefficient (Wildman–Crippen LogP) is 2.09. The van der Waals surface area contributed by atoms with Crippen LogP contribution in [0.4, 0.5) is 0 Å². The van der Waals surface area contributed by atoms with E-state index in [4.69, 9.17) is 9.47 Å². The van der Waals surface area contributed by atoms with Gasteiger partial charge in [0.2, 0.25) is 0 Å². The van der Waals surface area contributed by atoms with Crippen molar-refractivity contribution in [2.75, 3.05) is 32.8 Å². The summed E-state index contributed by atoms with van der Waals surface area (Å²) in [6, 6.07) is 8.10. The third-order valence-electron chi connectivity index (χ3n) is 3.19. The molecule has 0 bridgehead atoms. The van der Waals surface area contributed by atoms with Gasteiger partial charge in [0, 0.05) is 13.1 Å². The molecular weight excluding hydrogens is 214 g/mol. The Kier molecular flexibility index (Phi) is 4.40. The van der Waals surface area contributed by atoms with Crippen molar-refractivity contribution in [1.82, 2.24) is 4.90 Å². The van der Waals surface area contributed by atoms with E-state index in [2.05, 4.69) is 24.8 Å². The lowest BCUT2D eigenvalue weighted by Crippen LogP contribution is -2.44. The van der Waals surface area contributed by atoms with E-state index in [1.807, 2.05) is 18.2 Å². The van der Waals surface area contributed by atoms with Gasteiger partial charge in [-0.1, -0.05) is 25.1 Å². The molecule has 1 heterocycles. The second kappa shape index (κ2) is 6.03. The molecule has 0 aromatic heterocycles. The highest BCUT2D eigenvalue weighted by atomic mass is 16.5. The van der Waals surface area contributed by atoms with Gasteiger partial charge in [-0.3, -0.25) is 4.90 Å². The van der Waals surface area contributed by atoms with Crippen molar-refractivity contribution in [1.29, 1.82) is 0 Å². The summed E-state index contributed by atoms with van der Waals surface area (Å²) in [6.45, 7) is 8.81. The standard InChI is InChI=1S/C14H21NO2/c1-3-15-8-9-16-13(10-15)11-17-14-7-5-4-6-12(14)2/h4-7,13H,3,8-11H2,1-2H3. The highest BCUT2D eigenvalue weighted by Crippen LogP contribution is 2.17. The van der Waals surface area contributed by atoms with Crippen LogP contribution in [0.15, 0.2) is 24.3 Å². The third-order valence-corrected chi connectivity index (χ3v) is 3.19. The number of hydrogen-bond acceptors (Lipinski definition) is 3. The van der Waals surface area contributed by atoms with E-state index >= 15 is 0 Å². The Morgan fingerprint density at radius 2 is 2.24 bits per heavy atom. The van der Waals surface area contributed by atoms with Crippen LogP contribution in [0, 0.1) is 6.92 Å². The third kappa shape index (κ3) is 3.45. The summed E-state index contributed by atoms with van der Waals surface area (Å²) < 4.78 is 11.5. The lowest BCUT2D eigenvalue weighted by atomic mass is 10.2. The number of benzene rings is 1. The molecule has 2 rings (SSSR count). The summed E-state index contributed by atoms with van der Waals surface area (Å²) in [5.41, 5.74) is 1.18. The van der Waals surface area contributed by atoms with Crippen LogP contribution in [0.2, 0.25) is 0 Å². The maximum atomic E-state index is 5.82. The van der Waals surface area contributed by atoms with E-state index in [0.717, 1.165) is 32.0 Å². The Hall–Kier alpha value is -1.06. The van der Waals surface area contributed by atoms with Crippen LogP contribution in [0.3, 0.4) is 0 Å². The fraction of sp³-hybridized carbons (Fsp3) is 0.571. The molecule has 1 aliphatic heterocycles. The molecule has 1 aromatic rings. The van der Waals surface area contributed by atoms with Gasteiger partial charge in [0.15, 0.2) is 0 Å². The van der Waals surface area contributed by atoms with E-state index in [1.165, 1.54) is 5.56 Å². The minimum absolute atomic E-state index is 0.198. The van der Waals surface area contributed by atoms with Crippen LogP contribution in [0.1, 0.15) is 12.5 Å². The first-order chi connectivity index (χ1) is 8.29. The quantitative estimate of drug-likeness (QED) is 0.797. The normalized spacial score (nSPS) is 21.4. The lowest BCUT2D eigenvalue weighted by Gasteiger charge is -2.31. The topological polar surface area (TPSA) is 21.7 Å². The van der Waals surface area contributed by atoms with Gasteiger partial charge in [-0.2, -0.15) is 0 Å². The van der Waals surface area contributed by atoms with Gasteiger partial charge in [0.25, 0.3) is 0 Å². The molecule has 17 heavy (non-hydrogen) atoms. The van der Waals surface area contributed by atoms with Gasteiger partial charge in [-0.05, 0) is 25.1 Å². The molecular formula is C14H21NO2. The van der Waals surface area contributed by atoms with Gasteiger partial charge < -0.3 is 9.47 Å². The molecule has 0 radical (unpaired) electrons. The zero-order valence-corrected chi connectivity index (χ0v) is 10.7. The van der Waals surface area contributed by atoms with Crippen molar-refractivity contribution >= 4 is 0 Å². The van der Waals surface area contributed by atoms with Crippen molar-refractivity contribution in [3.63, 3.8) is 0 Å². The fourth-order valence-corrected chi connectivity index (χ4v) is 2.07. The Morgan fingerprint density at radius 3 is 3.00 bits per heavy atom. The molecule has 1 saturated heterocycles. The molecule has 1 aromatic carbocycles. The van der Waals surface area contributed by atoms with Crippen LogP contribution in [-0.2, 0) is 4.74 Å². The minimum Gasteiger partial charge on any atom is -0.491 e. The van der Waals surface area contributed by atoms with Crippen molar-refractivity contribution in [2.45, 2.75) is 20.0 Å². The number of ether oxygens (including phenoxy) is 2. The first kappa shape index (κ1) is 12.4. The highest BCUT2D eigenvalue weighted by Gasteiger charge is 2.19. The van der Waals surface area contributed by atoms with Crippen LogP contribution in [0.5, 0.6) is 5.75 Å². The molecule has 3 heteroatoms. The molecule has 0 saturated carbocycles. The maximum absolute atomic E-state index is 5.82. The molecule has 1 aliphatic rings. The van der Waals surface area contributed by atoms with E-state index in [9.17, 15) is 0 Å². The van der Waals surface area contributed by atoms with Crippen LogP contribution < -0.4 is 4.74 Å². The monoisotopic (exact) mass is 235 g/mol. The number of nitrogens with zero attached hydrogens (tertiary/aromatic N) is 1. The highest BCUT2D eigenvalue weighted by molar-refractivity contribution is 5.31. The number of hydrogen-bond donors (Lipinski definition) is 0. The van der Waals surface area contributed by atoms with Gasteiger partial charge in [0.05, 0.1) is 6.61 Å². The van der Waals surface area contributed by atoms with Crippen molar-refractivity contribution in [3.05, 3.63) is 29.8 Å². The molecule has 3 nitrogen and oxygen atoms in total. The molecule has 0 spiro atoms. The molecule has 0 N–H and O–H groups in total. The number of morpholine rings is 1. The number of rotatable bonds is 4. The SMILES string of the molecule is CCN1CCOC(COc2ccccc2C)C1. The minimum atomic E-state index is 0.198. The van der Waals surface area contributed by atoms with Gasteiger partial charge >= 0.3 is 0 Å². The van der Waals surface area contributed by atoms with Crippen molar-refractivity contribution in [3.8, 4) is 5.75 Å². The largest absolute Gasteiger partial charge is 0.491 e. The Morgan fingerprint density at radius 1 is 1.41 bits per heavy atom. The van der Waals surface area contributed by atoms with Crippen LogP contribution >= 0.6 is 0 Å².